The Bertz CT molecular complexity index is 1340. The Morgan fingerprint density at radius 1 is 1.05 bits per heavy atom. The summed E-state index contributed by atoms with van der Waals surface area (Å²) in [6, 6.07) is 8.43. The molecule has 4 amide bonds. The third-order valence-corrected chi connectivity index (χ3v) is 9.11. The number of anilines is 1. The van der Waals surface area contributed by atoms with Gasteiger partial charge in [0.25, 0.3) is 5.91 Å². The van der Waals surface area contributed by atoms with Crippen molar-refractivity contribution in [3.8, 4) is 11.5 Å². The molecule has 0 bridgehead atoms. The standard InChI is InChI=1S/C28H31N7O4S/c1-2-21(36)32-18-10-6-7-11-19(18)33-25(37)24-23-22-20(12-13-29-26(22)40-24)35(28(38)34-23)27-30-14-17(15-31-27)39-16-8-4-3-5-9-16/h2-5,8-9,14-15,18-20,22,26,29H,1,6-7,10-13H2,(H,32,36)(H,33,37)(H,34,38)/t18-,19+,20?,22?,26?/m0/s1. The van der Waals surface area contributed by atoms with E-state index in [-0.39, 0.29) is 53.2 Å². The minimum absolute atomic E-state index is 0.0686. The SMILES string of the molecule is C=CC(=O)N[C@H]1CCCC[C@H]1NC(=O)C1=C2NC(=O)N(c3ncc(Oc4ccccc4)cn3)C3CCNC(S1)C23. The van der Waals surface area contributed by atoms with Crippen molar-refractivity contribution in [1.82, 2.24) is 31.2 Å². The summed E-state index contributed by atoms with van der Waals surface area (Å²) in [5.74, 6) is 0.825. The van der Waals surface area contributed by atoms with E-state index >= 15 is 0 Å². The molecule has 3 aliphatic heterocycles. The van der Waals surface area contributed by atoms with Crippen LogP contribution in [0.15, 0.2) is 66.0 Å². The highest BCUT2D eigenvalue weighted by atomic mass is 32.2. The Kier molecular flexibility index (Phi) is 7.44. The van der Waals surface area contributed by atoms with Gasteiger partial charge in [0.05, 0.1) is 28.7 Å². The summed E-state index contributed by atoms with van der Waals surface area (Å²) in [6.07, 6.45) is 8.58. The monoisotopic (exact) mass is 561 g/mol. The van der Waals surface area contributed by atoms with Crippen LogP contribution < -0.4 is 30.9 Å². The number of amides is 4. The van der Waals surface area contributed by atoms with Gasteiger partial charge in [0, 0.05) is 23.7 Å². The molecular formula is C28H31N7O4S. The molecule has 0 radical (unpaired) electrons. The third kappa shape index (κ3) is 5.16. The van der Waals surface area contributed by atoms with Crippen LogP contribution in [0.25, 0.3) is 0 Å². The second kappa shape index (κ2) is 11.3. The average Bonchev–Trinajstić information content (AvgIpc) is 3.35. The Balaban J connectivity index is 1.20. The van der Waals surface area contributed by atoms with Crippen LogP contribution in [0.4, 0.5) is 10.7 Å². The topological polar surface area (TPSA) is 138 Å². The van der Waals surface area contributed by atoms with Gasteiger partial charge < -0.3 is 26.0 Å². The number of nitrogens with zero attached hydrogens (tertiary/aromatic N) is 3. The van der Waals surface area contributed by atoms with Crippen LogP contribution in [-0.4, -0.2) is 57.9 Å². The van der Waals surface area contributed by atoms with Crippen LogP contribution in [0.5, 0.6) is 11.5 Å². The summed E-state index contributed by atoms with van der Waals surface area (Å²) in [5, 5.41) is 12.5. The molecule has 2 saturated heterocycles. The Morgan fingerprint density at radius 3 is 2.50 bits per heavy atom. The quantitative estimate of drug-likeness (QED) is 0.379. The van der Waals surface area contributed by atoms with Crippen LogP contribution >= 0.6 is 11.8 Å². The number of urea groups is 1. The maximum absolute atomic E-state index is 13.5. The number of carbonyl (C=O) groups excluding carboxylic acids is 3. The van der Waals surface area contributed by atoms with Gasteiger partial charge >= 0.3 is 6.03 Å². The minimum atomic E-state index is -0.366. The first-order chi connectivity index (χ1) is 19.5. The smallest absolute Gasteiger partial charge is 0.328 e. The summed E-state index contributed by atoms with van der Waals surface area (Å²) in [6.45, 7) is 4.22. The van der Waals surface area contributed by atoms with Gasteiger partial charge in [-0.25, -0.2) is 14.8 Å². The van der Waals surface area contributed by atoms with Crippen LogP contribution in [0.2, 0.25) is 0 Å². The van der Waals surface area contributed by atoms with E-state index in [0.29, 0.717) is 35.1 Å². The lowest BCUT2D eigenvalue weighted by molar-refractivity contribution is -0.120. The molecule has 4 N–H and O–H groups in total. The van der Waals surface area contributed by atoms with E-state index in [2.05, 4.69) is 37.8 Å². The molecule has 5 atom stereocenters. The Morgan fingerprint density at radius 2 is 1.77 bits per heavy atom. The maximum Gasteiger partial charge on any atom is 0.328 e. The molecule has 1 aromatic heterocycles. The van der Waals surface area contributed by atoms with Gasteiger partial charge in [-0.1, -0.05) is 49.4 Å². The fourth-order valence-corrected chi connectivity index (χ4v) is 7.32. The number of benzene rings is 1. The van der Waals surface area contributed by atoms with Crippen LogP contribution in [0.1, 0.15) is 32.1 Å². The molecular weight excluding hydrogens is 530 g/mol. The molecule has 2 aromatic rings. The van der Waals surface area contributed by atoms with Crippen molar-refractivity contribution in [2.75, 3.05) is 11.4 Å². The number of aromatic nitrogens is 2. The van der Waals surface area contributed by atoms with Crippen molar-refractivity contribution in [3.63, 3.8) is 0 Å². The van der Waals surface area contributed by atoms with E-state index in [0.717, 1.165) is 25.7 Å². The average molecular weight is 562 g/mol. The van der Waals surface area contributed by atoms with Crippen LogP contribution in [0, 0.1) is 5.92 Å². The van der Waals surface area contributed by atoms with E-state index in [4.69, 9.17) is 4.74 Å². The summed E-state index contributed by atoms with van der Waals surface area (Å²) < 4.78 is 5.80. The zero-order valence-corrected chi connectivity index (χ0v) is 22.7. The molecule has 3 fully saturated rings. The van der Waals surface area contributed by atoms with Gasteiger partial charge in [-0.2, -0.15) is 0 Å². The van der Waals surface area contributed by atoms with Crippen molar-refractivity contribution < 1.29 is 19.1 Å². The maximum atomic E-state index is 13.5. The fourth-order valence-electron chi connectivity index (χ4n) is 5.92. The normalized spacial score (nSPS) is 27.4. The number of piperidine rings is 1. The summed E-state index contributed by atoms with van der Waals surface area (Å²) >= 11 is 1.44. The first-order valence-corrected chi connectivity index (χ1v) is 14.4. The number of ether oxygens (including phenoxy) is 1. The first kappa shape index (κ1) is 26.3. The highest BCUT2D eigenvalue weighted by Gasteiger charge is 2.52. The zero-order chi connectivity index (χ0) is 27.6. The lowest BCUT2D eigenvalue weighted by Crippen LogP contribution is -2.62. The number of para-hydroxylation sites is 1. The third-order valence-electron chi connectivity index (χ3n) is 7.75. The van der Waals surface area contributed by atoms with Crippen molar-refractivity contribution in [1.29, 1.82) is 0 Å². The molecule has 6 rings (SSSR count). The van der Waals surface area contributed by atoms with E-state index in [9.17, 15) is 14.4 Å². The molecule has 1 aromatic carbocycles. The molecule has 40 heavy (non-hydrogen) atoms. The number of hydrogen-bond acceptors (Lipinski definition) is 8. The Labute approximate surface area is 236 Å². The van der Waals surface area contributed by atoms with Crippen LogP contribution in [-0.2, 0) is 9.59 Å². The number of thioether (sulfide) groups is 1. The summed E-state index contributed by atoms with van der Waals surface area (Å²) in [4.78, 5) is 49.9. The van der Waals surface area contributed by atoms with Gasteiger partial charge in [0.15, 0.2) is 5.75 Å². The molecule has 1 saturated carbocycles. The number of hydrogen-bond donors (Lipinski definition) is 4. The second-order valence-electron chi connectivity index (χ2n) is 10.2. The molecule has 3 unspecified atom stereocenters. The molecule has 4 aliphatic rings. The van der Waals surface area contributed by atoms with Gasteiger partial charge in [-0.05, 0) is 44.0 Å². The number of carbonyl (C=O) groups is 3. The predicted molar refractivity (Wildman–Crippen MR) is 150 cm³/mol. The van der Waals surface area contributed by atoms with Gasteiger partial charge in [0.2, 0.25) is 11.9 Å². The molecule has 1 aliphatic carbocycles. The fraction of sp³-hybridized carbons (Fsp3) is 0.393. The van der Waals surface area contributed by atoms with Crippen molar-refractivity contribution in [3.05, 3.63) is 66.0 Å². The highest BCUT2D eigenvalue weighted by molar-refractivity contribution is 8.04. The molecule has 0 spiro atoms. The van der Waals surface area contributed by atoms with Gasteiger partial charge in [-0.15, -0.1) is 0 Å². The van der Waals surface area contributed by atoms with Crippen molar-refractivity contribution in [2.45, 2.75) is 55.6 Å². The largest absolute Gasteiger partial charge is 0.454 e. The van der Waals surface area contributed by atoms with Gasteiger partial charge in [0.1, 0.15) is 5.75 Å². The van der Waals surface area contributed by atoms with Gasteiger partial charge in [-0.3, -0.25) is 14.5 Å². The molecule has 208 valence electrons. The second-order valence-corrected chi connectivity index (χ2v) is 11.4. The molecule has 4 heterocycles. The predicted octanol–water partition coefficient (Wildman–Crippen LogP) is 2.79. The van der Waals surface area contributed by atoms with Crippen molar-refractivity contribution >= 4 is 35.6 Å². The Hall–Kier alpha value is -3.90. The van der Waals surface area contributed by atoms with E-state index in [1.54, 1.807) is 17.3 Å². The lowest BCUT2D eigenvalue weighted by atomic mass is 9.86. The summed E-state index contributed by atoms with van der Waals surface area (Å²) in [7, 11) is 0. The minimum Gasteiger partial charge on any atom is -0.454 e. The zero-order valence-electron chi connectivity index (χ0n) is 21.8. The van der Waals surface area contributed by atoms with E-state index < -0.39 is 0 Å². The summed E-state index contributed by atoms with van der Waals surface area (Å²) in [5.41, 5.74) is 0.637. The van der Waals surface area contributed by atoms with Crippen LogP contribution in [0.3, 0.4) is 0 Å². The highest BCUT2D eigenvalue weighted by Crippen LogP contribution is 2.47. The van der Waals surface area contributed by atoms with Crippen molar-refractivity contribution in [2.24, 2.45) is 5.92 Å². The van der Waals surface area contributed by atoms with E-state index in [1.807, 2.05) is 30.3 Å². The molecule has 11 nitrogen and oxygen atoms in total. The number of nitrogens with one attached hydrogen (secondary N) is 4. The number of rotatable bonds is 7. The first-order valence-electron chi connectivity index (χ1n) is 13.5. The molecule has 12 heteroatoms. The lowest BCUT2D eigenvalue weighted by Gasteiger charge is -2.44. The van der Waals surface area contributed by atoms with E-state index in [1.165, 1.54) is 17.8 Å².